The van der Waals surface area contributed by atoms with Crippen molar-refractivity contribution in [2.45, 2.75) is 4.90 Å². The van der Waals surface area contributed by atoms with E-state index in [0.717, 1.165) is 18.6 Å². The topological polar surface area (TPSA) is 135 Å². The van der Waals surface area contributed by atoms with Gasteiger partial charge in [0, 0.05) is 19.3 Å². The third-order valence-electron chi connectivity index (χ3n) is 2.39. The first-order valence-corrected chi connectivity index (χ1v) is 9.46. The van der Waals surface area contributed by atoms with Crippen molar-refractivity contribution in [2.75, 3.05) is 30.9 Å². The van der Waals surface area contributed by atoms with Crippen LogP contribution < -0.4 is 10.0 Å². The molecule has 0 aromatic heterocycles. The highest BCUT2D eigenvalue weighted by molar-refractivity contribution is 7.90. The number of sulfonamides is 1. The molecule has 118 valence electrons. The van der Waals surface area contributed by atoms with Gasteiger partial charge in [-0.05, 0) is 12.1 Å². The summed E-state index contributed by atoms with van der Waals surface area (Å²) in [6.45, 7) is 0.0835. The first-order valence-electron chi connectivity index (χ1n) is 5.68. The summed E-state index contributed by atoms with van der Waals surface area (Å²) in [4.78, 5) is 9.89. The molecular formula is C10H15N3O6S2. The van der Waals surface area contributed by atoms with Crippen molar-refractivity contribution in [3.8, 4) is 0 Å². The number of nitrogens with one attached hydrogen (secondary N) is 2. The molecule has 0 atom stereocenters. The van der Waals surface area contributed by atoms with Crippen LogP contribution in [0.1, 0.15) is 0 Å². The number of hydrogen-bond acceptors (Lipinski definition) is 7. The highest BCUT2D eigenvalue weighted by Crippen LogP contribution is 2.31. The van der Waals surface area contributed by atoms with Crippen LogP contribution in [0.5, 0.6) is 0 Å². The predicted molar refractivity (Wildman–Crippen MR) is 77.5 cm³/mol. The van der Waals surface area contributed by atoms with Crippen LogP contribution in [0.25, 0.3) is 0 Å². The zero-order chi connectivity index (χ0) is 16.3. The zero-order valence-electron chi connectivity index (χ0n) is 11.4. The Kier molecular flexibility index (Phi) is 5.25. The van der Waals surface area contributed by atoms with Gasteiger partial charge in [0.2, 0.25) is 10.0 Å². The Morgan fingerprint density at radius 2 is 1.76 bits per heavy atom. The van der Waals surface area contributed by atoms with E-state index in [2.05, 4.69) is 10.0 Å². The van der Waals surface area contributed by atoms with Crippen molar-refractivity contribution in [1.82, 2.24) is 4.72 Å². The molecule has 2 N–H and O–H groups in total. The second-order valence-corrected chi connectivity index (χ2v) is 8.09. The van der Waals surface area contributed by atoms with E-state index < -0.39 is 35.4 Å². The predicted octanol–water partition coefficient (Wildman–Crippen LogP) is -0.0406. The lowest BCUT2D eigenvalue weighted by Gasteiger charge is -2.09. The van der Waals surface area contributed by atoms with Gasteiger partial charge in [-0.15, -0.1) is 0 Å². The summed E-state index contributed by atoms with van der Waals surface area (Å²) in [5.74, 6) is 0. The molecule has 0 radical (unpaired) electrons. The lowest BCUT2D eigenvalue weighted by molar-refractivity contribution is -0.386. The average molecular weight is 337 g/mol. The number of benzene rings is 1. The number of nitro benzene ring substituents is 1. The highest BCUT2D eigenvalue weighted by atomic mass is 32.2. The van der Waals surface area contributed by atoms with E-state index in [4.69, 9.17) is 0 Å². The lowest BCUT2D eigenvalue weighted by Crippen LogP contribution is -2.27. The van der Waals surface area contributed by atoms with Crippen LogP contribution in [0.2, 0.25) is 0 Å². The summed E-state index contributed by atoms with van der Waals surface area (Å²) >= 11 is 0. The third kappa shape index (κ3) is 5.28. The Hall–Kier alpha value is -1.72. The van der Waals surface area contributed by atoms with Crippen LogP contribution in [-0.4, -0.2) is 47.4 Å². The van der Waals surface area contributed by atoms with Crippen molar-refractivity contribution in [3.63, 3.8) is 0 Å². The van der Waals surface area contributed by atoms with Gasteiger partial charge >= 0.3 is 5.69 Å². The lowest BCUT2D eigenvalue weighted by atomic mass is 10.2. The molecule has 11 heteroatoms. The molecule has 1 aromatic carbocycles. The molecule has 0 unspecified atom stereocenters. The first kappa shape index (κ1) is 17.3. The van der Waals surface area contributed by atoms with Gasteiger partial charge in [0.15, 0.2) is 9.84 Å². The average Bonchev–Trinajstić information content (AvgIpc) is 2.31. The van der Waals surface area contributed by atoms with Gasteiger partial charge in [-0.2, -0.15) is 0 Å². The molecule has 0 saturated carbocycles. The first-order chi connectivity index (χ1) is 9.52. The van der Waals surface area contributed by atoms with Gasteiger partial charge in [-0.3, -0.25) is 10.1 Å². The summed E-state index contributed by atoms with van der Waals surface area (Å²) in [5, 5.41) is 13.7. The molecule has 0 aliphatic rings. The summed E-state index contributed by atoms with van der Waals surface area (Å²) in [7, 11) is -7.10. The summed E-state index contributed by atoms with van der Waals surface area (Å²) in [6.07, 6.45) is 1.87. The molecule has 1 rings (SSSR count). The fourth-order valence-electron chi connectivity index (χ4n) is 1.59. The maximum absolute atomic E-state index is 11.5. The van der Waals surface area contributed by atoms with Crippen molar-refractivity contribution in [3.05, 3.63) is 28.3 Å². The quantitative estimate of drug-likeness (QED) is 0.405. The molecular weight excluding hydrogens is 322 g/mol. The Labute approximate surface area is 122 Å². The van der Waals surface area contributed by atoms with Crippen LogP contribution >= 0.6 is 0 Å². The minimum atomic E-state index is -3.75. The van der Waals surface area contributed by atoms with Crippen LogP contribution in [0.3, 0.4) is 0 Å². The molecule has 0 spiro atoms. The molecule has 9 nitrogen and oxygen atoms in total. The second-order valence-electron chi connectivity index (χ2n) is 4.27. The molecule has 1 aromatic rings. The third-order valence-corrected chi connectivity index (χ3v) is 4.24. The Morgan fingerprint density at radius 1 is 1.14 bits per heavy atom. The summed E-state index contributed by atoms with van der Waals surface area (Å²) in [5.41, 5.74) is -0.544. The van der Waals surface area contributed by atoms with Crippen molar-refractivity contribution >= 4 is 31.2 Å². The number of para-hydroxylation sites is 1. The number of sulfone groups is 1. The summed E-state index contributed by atoms with van der Waals surface area (Å²) < 4.78 is 47.1. The molecule has 0 aliphatic carbocycles. The van der Waals surface area contributed by atoms with E-state index in [0.29, 0.717) is 0 Å². The smallest absolute Gasteiger partial charge is 0.310 e. The number of nitrogens with zero attached hydrogens (tertiary/aromatic N) is 1. The normalized spacial score (nSPS) is 12.1. The van der Waals surface area contributed by atoms with Crippen LogP contribution in [0.15, 0.2) is 23.1 Å². The van der Waals surface area contributed by atoms with Crippen LogP contribution in [-0.2, 0) is 19.9 Å². The van der Waals surface area contributed by atoms with Crippen LogP contribution in [0.4, 0.5) is 11.4 Å². The summed E-state index contributed by atoms with van der Waals surface area (Å²) in [6, 6.07) is 3.87. The minimum absolute atomic E-state index is 0.0122. The monoisotopic (exact) mass is 337 g/mol. The van der Waals surface area contributed by atoms with E-state index in [1.807, 2.05) is 0 Å². The van der Waals surface area contributed by atoms with E-state index in [1.54, 1.807) is 0 Å². The number of rotatable bonds is 7. The highest BCUT2D eigenvalue weighted by Gasteiger charge is 2.25. The van der Waals surface area contributed by atoms with E-state index >= 15 is 0 Å². The largest absolute Gasteiger partial charge is 0.378 e. The van der Waals surface area contributed by atoms with Gasteiger partial charge in [0.25, 0.3) is 0 Å². The van der Waals surface area contributed by atoms with Gasteiger partial charge < -0.3 is 5.32 Å². The van der Waals surface area contributed by atoms with Gasteiger partial charge in [-0.1, -0.05) is 6.07 Å². The fraction of sp³-hybridized carbons (Fsp3) is 0.400. The van der Waals surface area contributed by atoms with Crippen molar-refractivity contribution < 1.29 is 21.8 Å². The van der Waals surface area contributed by atoms with E-state index in [9.17, 15) is 26.9 Å². The van der Waals surface area contributed by atoms with E-state index in [1.165, 1.54) is 12.1 Å². The van der Waals surface area contributed by atoms with E-state index in [-0.39, 0.29) is 18.8 Å². The maximum atomic E-state index is 11.5. The van der Waals surface area contributed by atoms with Crippen molar-refractivity contribution in [2.24, 2.45) is 0 Å². The van der Waals surface area contributed by atoms with Gasteiger partial charge in [-0.25, -0.2) is 21.6 Å². The minimum Gasteiger partial charge on any atom is -0.378 e. The second kappa shape index (κ2) is 6.37. The molecule has 0 bridgehead atoms. The molecule has 0 fully saturated rings. The number of hydrogen-bond donors (Lipinski definition) is 2. The Balaban J connectivity index is 3.01. The molecule has 21 heavy (non-hydrogen) atoms. The number of nitro groups is 1. The van der Waals surface area contributed by atoms with Crippen LogP contribution in [0, 0.1) is 10.1 Å². The van der Waals surface area contributed by atoms with Gasteiger partial charge in [0.1, 0.15) is 10.6 Å². The van der Waals surface area contributed by atoms with Crippen molar-refractivity contribution in [1.29, 1.82) is 0 Å². The fourth-order valence-corrected chi connectivity index (χ4v) is 2.92. The molecule has 0 amide bonds. The molecule has 0 aliphatic heterocycles. The molecule has 0 heterocycles. The standard InChI is InChI=1S/C10H15N3O6S2/c1-20(16,17)9-5-3-4-8(10(9)13(14)15)11-6-7-12-21(2,18)19/h3-5,11-12H,6-7H2,1-2H3. The zero-order valence-corrected chi connectivity index (χ0v) is 13.0. The van der Waals surface area contributed by atoms with Gasteiger partial charge in [0.05, 0.1) is 11.2 Å². The number of anilines is 1. The Bertz CT molecular complexity index is 742. The SMILES string of the molecule is CS(=O)(=O)NCCNc1cccc(S(C)(=O)=O)c1[N+](=O)[O-]. The molecule has 0 saturated heterocycles. The Morgan fingerprint density at radius 3 is 2.24 bits per heavy atom. The maximum Gasteiger partial charge on any atom is 0.310 e.